The fourth-order valence-corrected chi connectivity index (χ4v) is 7.47. The Kier molecular flexibility index (Phi) is 10.7. The van der Waals surface area contributed by atoms with Crippen molar-refractivity contribution in [2.45, 2.75) is 42.5 Å². The molecule has 0 radical (unpaired) electrons. The molecule has 1 atom stereocenters. The van der Waals surface area contributed by atoms with Gasteiger partial charge in [-0.15, -0.1) is 0 Å². The molecule has 2 aromatic heterocycles. The van der Waals surface area contributed by atoms with E-state index in [0.29, 0.717) is 39.6 Å². The molecule has 0 amide bonds. The summed E-state index contributed by atoms with van der Waals surface area (Å²) >= 11 is -1.94. The molecule has 214 valence electrons. The summed E-state index contributed by atoms with van der Waals surface area (Å²) in [6, 6.07) is 8.92. The van der Waals surface area contributed by atoms with Crippen LogP contribution < -0.4 is 14.2 Å². The number of imidazole rings is 1. The van der Waals surface area contributed by atoms with Gasteiger partial charge < -0.3 is 23.9 Å². The average molecular weight is 612 g/mol. The summed E-state index contributed by atoms with van der Waals surface area (Å²) in [5.74, 6) is 0.220. The third kappa shape index (κ3) is 6.65. The number of ether oxygens (including phenoxy) is 3. The predicted molar refractivity (Wildman–Crippen MR) is 155 cm³/mol. The van der Waals surface area contributed by atoms with Crippen LogP contribution in [0.15, 0.2) is 52.6 Å². The molecule has 0 aliphatic rings. The Labute approximate surface area is 263 Å². The van der Waals surface area contributed by atoms with E-state index in [1.807, 2.05) is 6.92 Å². The molecule has 0 saturated carbocycles. The molecule has 0 fully saturated rings. The number of methoxy groups -OCH3 is 3. The van der Waals surface area contributed by atoms with Gasteiger partial charge in [-0.25, -0.2) is 8.42 Å². The number of nitrogens with zero attached hydrogens (tertiary/aromatic N) is 3. The summed E-state index contributed by atoms with van der Waals surface area (Å²) in [5, 5.41) is 8.95. The van der Waals surface area contributed by atoms with E-state index in [-0.39, 0.29) is 63.7 Å². The number of aliphatic carboxylic acids is 1. The van der Waals surface area contributed by atoms with Gasteiger partial charge in [-0.1, -0.05) is 0 Å². The van der Waals surface area contributed by atoms with Crippen LogP contribution in [0.2, 0.25) is 0 Å². The number of aromatic nitrogens is 3. The predicted octanol–water partition coefficient (Wildman–Crippen LogP) is 2.99. The first kappa shape index (κ1) is 32.7. The third-order valence-corrected chi connectivity index (χ3v) is 9.44. The Morgan fingerprint density at radius 3 is 2.44 bits per heavy atom. The summed E-state index contributed by atoms with van der Waals surface area (Å²) in [4.78, 5) is 19.9. The second kappa shape index (κ2) is 13.4. The van der Waals surface area contributed by atoms with Crippen LogP contribution in [-0.2, 0) is 38.2 Å². The van der Waals surface area contributed by atoms with Crippen molar-refractivity contribution in [3.63, 3.8) is 0 Å². The number of aryl methyl sites for hydroxylation is 2. The van der Waals surface area contributed by atoms with E-state index < -0.39 is 27.2 Å². The Morgan fingerprint density at radius 2 is 1.80 bits per heavy atom. The molecule has 1 unspecified atom stereocenters. The van der Waals surface area contributed by atoms with Crippen LogP contribution >= 0.6 is 0 Å². The number of rotatable bonds is 11. The van der Waals surface area contributed by atoms with E-state index in [1.165, 1.54) is 45.6 Å². The van der Waals surface area contributed by atoms with Crippen molar-refractivity contribution in [1.29, 1.82) is 0 Å². The maximum absolute atomic E-state index is 14.1. The van der Waals surface area contributed by atoms with E-state index in [9.17, 15) is 17.8 Å². The van der Waals surface area contributed by atoms with E-state index in [1.54, 1.807) is 25.3 Å². The SMILES string of the molecule is COc1ccc2nc([S+]([O-])Cc3ncc(C)c(OC)c3C)n(S(=O)(=O)c3ccc(OC)c(CCC(=O)O)c3)c2c1.[NaH]. The molecule has 41 heavy (non-hydrogen) atoms. The first-order valence-corrected chi connectivity index (χ1v) is 14.9. The number of fused-ring (bicyclic) bond motifs is 1. The van der Waals surface area contributed by atoms with Crippen molar-refractivity contribution in [2.24, 2.45) is 0 Å². The fraction of sp³-hybridized carbons (Fsp3) is 0.296. The average Bonchev–Trinajstić information content (AvgIpc) is 3.33. The number of carboxylic acids is 1. The zero-order valence-electron chi connectivity index (χ0n) is 22.6. The number of hydrogen-bond acceptors (Lipinski definition) is 9. The van der Waals surface area contributed by atoms with Gasteiger partial charge in [-0.05, 0) is 56.2 Å². The minimum atomic E-state index is -4.37. The van der Waals surface area contributed by atoms with E-state index in [4.69, 9.17) is 19.3 Å². The van der Waals surface area contributed by atoms with Gasteiger partial charge in [0, 0.05) is 41.0 Å². The molecule has 0 spiro atoms. The molecule has 2 heterocycles. The number of hydrogen-bond donors (Lipinski definition) is 1. The first-order chi connectivity index (χ1) is 19.0. The van der Waals surface area contributed by atoms with Crippen LogP contribution in [0.4, 0.5) is 0 Å². The summed E-state index contributed by atoms with van der Waals surface area (Å²) < 4.78 is 59.1. The quantitative estimate of drug-likeness (QED) is 0.198. The molecule has 14 heteroatoms. The number of carboxylic acid groups (broad SMARTS) is 1. The number of pyridine rings is 1. The Hall–Kier alpha value is -2.81. The van der Waals surface area contributed by atoms with Crippen LogP contribution in [0, 0.1) is 13.8 Å². The second-order valence-electron chi connectivity index (χ2n) is 8.92. The van der Waals surface area contributed by atoms with Gasteiger partial charge in [0.15, 0.2) is 5.75 Å². The van der Waals surface area contributed by atoms with Crippen LogP contribution in [0.5, 0.6) is 17.2 Å². The molecular formula is C27H30N3NaO8S2. The van der Waals surface area contributed by atoms with Crippen molar-refractivity contribution in [2.75, 3.05) is 21.3 Å². The fourth-order valence-electron chi connectivity index (χ4n) is 4.38. The standard InChI is InChI=1S/C27H29N3O8S2.Na.H/c1-16-14-28-22(17(2)26(16)38-5)15-39(33)27-29-21-9-7-19(36-3)13-23(21)30(27)40(34,35)20-8-10-24(37-4)18(12-20)6-11-25(31)32;;/h7-10,12-14H,6,11,15H2,1-5H3,(H,31,32);;. The molecular weight excluding hydrogens is 581 g/mol. The van der Waals surface area contributed by atoms with Gasteiger partial charge in [-0.2, -0.15) is 8.96 Å². The molecule has 0 bridgehead atoms. The summed E-state index contributed by atoms with van der Waals surface area (Å²) in [5.41, 5.74) is 2.88. The van der Waals surface area contributed by atoms with E-state index in [0.717, 1.165) is 9.54 Å². The van der Waals surface area contributed by atoms with Crippen LogP contribution in [0.1, 0.15) is 28.8 Å². The van der Waals surface area contributed by atoms with Crippen LogP contribution in [0.25, 0.3) is 11.0 Å². The van der Waals surface area contributed by atoms with Crippen molar-refractivity contribution < 1.29 is 37.1 Å². The minimum absolute atomic E-state index is 0. The summed E-state index contributed by atoms with van der Waals surface area (Å²) in [6.07, 6.45) is 1.45. The zero-order chi connectivity index (χ0) is 29.2. The van der Waals surface area contributed by atoms with Crippen LogP contribution in [-0.4, -0.2) is 88.9 Å². The van der Waals surface area contributed by atoms with Gasteiger partial charge in [0.05, 0.1) is 43.0 Å². The first-order valence-electron chi connectivity index (χ1n) is 12.1. The topological polar surface area (TPSA) is 153 Å². The van der Waals surface area contributed by atoms with Crippen molar-refractivity contribution in [3.8, 4) is 17.2 Å². The molecule has 11 nitrogen and oxygen atoms in total. The van der Waals surface area contributed by atoms with Gasteiger partial charge >= 0.3 is 40.7 Å². The van der Waals surface area contributed by atoms with Gasteiger partial charge in [0.25, 0.3) is 10.0 Å². The Balaban J connectivity index is 0.00000462. The van der Waals surface area contributed by atoms with E-state index >= 15 is 0 Å². The number of benzene rings is 2. The summed E-state index contributed by atoms with van der Waals surface area (Å²) in [6.45, 7) is 3.64. The van der Waals surface area contributed by atoms with Crippen LogP contribution in [0.3, 0.4) is 0 Å². The molecule has 0 aliphatic carbocycles. The van der Waals surface area contributed by atoms with Crippen molar-refractivity contribution >= 4 is 67.8 Å². The normalized spacial score (nSPS) is 12.0. The van der Waals surface area contributed by atoms with Crippen molar-refractivity contribution in [3.05, 3.63) is 65.0 Å². The molecule has 4 rings (SSSR count). The Bertz CT molecular complexity index is 1690. The molecule has 1 N–H and O–H groups in total. The molecule has 4 aromatic rings. The van der Waals surface area contributed by atoms with Gasteiger partial charge in [0.1, 0.15) is 17.2 Å². The zero-order valence-corrected chi connectivity index (χ0v) is 24.3. The van der Waals surface area contributed by atoms with E-state index in [2.05, 4.69) is 9.97 Å². The molecule has 0 saturated heterocycles. The maximum atomic E-state index is 14.1. The monoisotopic (exact) mass is 611 g/mol. The van der Waals surface area contributed by atoms with Gasteiger partial charge in [0.2, 0.25) is 0 Å². The molecule has 0 aliphatic heterocycles. The summed E-state index contributed by atoms with van der Waals surface area (Å²) in [7, 11) is 0.0320. The molecule has 2 aromatic carbocycles. The Morgan fingerprint density at radius 1 is 1.07 bits per heavy atom. The number of carbonyl (C=O) groups is 1. The van der Waals surface area contributed by atoms with Gasteiger partial charge in [-0.3, -0.25) is 9.78 Å². The third-order valence-electron chi connectivity index (χ3n) is 6.41. The second-order valence-corrected chi connectivity index (χ2v) is 12.1. The van der Waals surface area contributed by atoms with Crippen molar-refractivity contribution in [1.82, 2.24) is 13.9 Å².